The SMILES string of the molecule is CCOc1ccc(C(=O)OCC(=O)NCC(=O)Nc2c(C)cccc2C)cc1. The Kier molecular flexibility index (Phi) is 7.56. The van der Waals surface area contributed by atoms with Gasteiger partial charge in [-0.1, -0.05) is 18.2 Å². The van der Waals surface area contributed by atoms with E-state index in [1.807, 2.05) is 39.0 Å². The van der Waals surface area contributed by atoms with Crippen molar-refractivity contribution in [3.05, 3.63) is 59.2 Å². The molecule has 2 rings (SSSR count). The molecule has 0 aliphatic rings. The van der Waals surface area contributed by atoms with Gasteiger partial charge in [-0.05, 0) is 56.2 Å². The molecule has 0 fully saturated rings. The number of carbonyl (C=O) groups is 3. The average molecular weight is 384 g/mol. The molecule has 0 heterocycles. The Balaban J connectivity index is 1.76. The van der Waals surface area contributed by atoms with Gasteiger partial charge in [0.15, 0.2) is 6.61 Å². The molecule has 7 heteroatoms. The predicted octanol–water partition coefficient (Wildman–Crippen LogP) is 2.61. The molecule has 2 N–H and O–H groups in total. The van der Waals surface area contributed by atoms with Crippen molar-refractivity contribution in [1.82, 2.24) is 5.32 Å². The first-order valence-electron chi connectivity index (χ1n) is 8.93. The number of para-hydroxylation sites is 1. The first-order valence-corrected chi connectivity index (χ1v) is 8.93. The zero-order valence-electron chi connectivity index (χ0n) is 16.2. The number of ether oxygens (including phenoxy) is 2. The highest BCUT2D eigenvalue weighted by Gasteiger charge is 2.12. The molecule has 0 atom stereocenters. The Hall–Kier alpha value is -3.35. The van der Waals surface area contributed by atoms with E-state index >= 15 is 0 Å². The number of hydrogen-bond acceptors (Lipinski definition) is 5. The summed E-state index contributed by atoms with van der Waals surface area (Å²) in [4.78, 5) is 35.8. The molecule has 0 unspecified atom stereocenters. The maximum Gasteiger partial charge on any atom is 0.338 e. The molecule has 2 aromatic carbocycles. The molecule has 0 spiro atoms. The van der Waals surface area contributed by atoms with Gasteiger partial charge >= 0.3 is 5.97 Å². The number of anilines is 1. The summed E-state index contributed by atoms with van der Waals surface area (Å²) in [5.74, 6) is -0.899. The fraction of sp³-hybridized carbons (Fsp3) is 0.286. The Labute approximate surface area is 164 Å². The van der Waals surface area contributed by atoms with Crippen LogP contribution >= 0.6 is 0 Å². The van der Waals surface area contributed by atoms with E-state index in [-0.39, 0.29) is 12.5 Å². The van der Waals surface area contributed by atoms with Crippen LogP contribution in [0.1, 0.15) is 28.4 Å². The van der Waals surface area contributed by atoms with E-state index in [4.69, 9.17) is 9.47 Å². The summed E-state index contributed by atoms with van der Waals surface area (Å²) in [6, 6.07) is 12.1. The van der Waals surface area contributed by atoms with E-state index in [0.29, 0.717) is 17.9 Å². The van der Waals surface area contributed by atoms with Gasteiger partial charge in [-0.2, -0.15) is 0 Å². The second-order valence-electron chi connectivity index (χ2n) is 6.13. The summed E-state index contributed by atoms with van der Waals surface area (Å²) >= 11 is 0. The summed E-state index contributed by atoms with van der Waals surface area (Å²) in [5.41, 5.74) is 2.90. The number of esters is 1. The van der Waals surface area contributed by atoms with Crippen molar-refractivity contribution >= 4 is 23.5 Å². The van der Waals surface area contributed by atoms with Gasteiger partial charge in [0.2, 0.25) is 5.91 Å². The quantitative estimate of drug-likeness (QED) is 0.683. The van der Waals surface area contributed by atoms with E-state index in [0.717, 1.165) is 16.8 Å². The molecule has 0 aromatic heterocycles. The highest BCUT2D eigenvalue weighted by Crippen LogP contribution is 2.19. The number of nitrogens with one attached hydrogen (secondary N) is 2. The van der Waals surface area contributed by atoms with Crippen LogP contribution in [0.25, 0.3) is 0 Å². The van der Waals surface area contributed by atoms with Crippen LogP contribution in [-0.2, 0) is 14.3 Å². The fourth-order valence-corrected chi connectivity index (χ4v) is 2.49. The number of amides is 2. The minimum absolute atomic E-state index is 0.215. The van der Waals surface area contributed by atoms with E-state index in [2.05, 4.69) is 10.6 Å². The highest BCUT2D eigenvalue weighted by molar-refractivity contribution is 5.96. The highest BCUT2D eigenvalue weighted by atomic mass is 16.5. The van der Waals surface area contributed by atoms with Crippen LogP contribution in [0.5, 0.6) is 5.75 Å². The molecule has 7 nitrogen and oxygen atoms in total. The summed E-state index contributed by atoms with van der Waals surface area (Å²) in [6.45, 7) is 5.49. The number of carbonyl (C=O) groups excluding carboxylic acids is 3. The lowest BCUT2D eigenvalue weighted by Gasteiger charge is -2.12. The molecule has 0 aliphatic heterocycles. The minimum atomic E-state index is -0.627. The van der Waals surface area contributed by atoms with Crippen LogP contribution < -0.4 is 15.4 Å². The molecule has 0 bridgehead atoms. The Morgan fingerprint density at radius 2 is 1.57 bits per heavy atom. The first kappa shape index (κ1) is 21.0. The maximum absolute atomic E-state index is 12.0. The van der Waals surface area contributed by atoms with E-state index < -0.39 is 18.5 Å². The van der Waals surface area contributed by atoms with Crippen molar-refractivity contribution in [1.29, 1.82) is 0 Å². The maximum atomic E-state index is 12.0. The van der Waals surface area contributed by atoms with Crippen LogP contribution in [0, 0.1) is 13.8 Å². The van der Waals surface area contributed by atoms with Gasteiger partial charge in [0.05, 0.1) is 18.7 Å². The van der Waals surface area contributed by atoms with Gasteiger partial charge < -0.3 is 20.1 Å². The number of hydrogen-bond donors (Lipinski definition) is 2. The molecular weight excluding hydrogens is 360 g/mol. The molecular formula is C21H24N2O5. The van der Waals surface area contributed by atoms with E-state index in [1.54, 1.807) is 24.3 Å². The second kappa shape index (κ2) is 10.1. The standard InChI is InChI=1S/C21H24N2O5/c1-4-27-17-10-8-16(9-11-17)21(26)28-13-19(25)22-12-18(24)23-20-14(2)6-5-7-15(20)3/h5-11H,4,12-13H2,1-3H3,(H,22,25)(H,23,24). The van der Waals surface area contributed by atoms with E-state index in [1.165, 1.54) is 0 Å². The lowest BCUT2D eigenvalue weighted by Crippen LogP contribution is -2.35. The smallest absolute Gasteiger partial charge is 0.338 e. The zero-order chi connectivity index (χ0) is 20.5. The average Bonchev–Trinajstić information content (AvgIpc) is 2.68. The summed E-state index contributed by atoms with van der Waals surface area (Å²) in [6.07, 6.45) is 0. The molecule has 0 radical (unpaired) electrons. The largest absolute Gasteiger partial charge is 0.494 e. The summed E-state index contributed by atoms with van der Waals surface area (Å²) < 4.78 is 10.3. The van der Waals surface area contributed by atoms with Crippen molar-refractivity contribution < 1.29 is 23.9 Å². The van der Waals surface area contributed by atoms with E-state index in [9.17, 15) is 14.4 Å². The topological polar surface area (TPSA) is 93.7 Å². The molecule has 28 heavy (non-hydrogen) atoms. The third kappa shape index (κ3) is 6.12. The normalized spacial score (nSPS) is 10.1. The van der Waals surface area contributed by atoms with Gasteiger partial charge in [0, 0.05) is 5.69 Å². The minimum Gasteiger partial charge on any atom is -0.494 e. The van der Waals surface area contributed by atoms with Crippen molar-refractivity contribution in [2.75, 3.05) is 25.1 Å². The van der Waals surface area contributed by atoms with Crippen molar-refractivity contribution in [3.8, 4) is 5.75 Å². The summed E-state index contributed by atoms with van der Waals surface area (Å²) in [5, 5.41) is 5.19. The third-order valence-electron chi connectivity index (χ3n) is 3.93. The third-order valence-corrected chi connectivity index (χ3v) is 3.93. The Morgan fingerprint density at radius 1 is 0.929 bits per heavy atom. The van der Waals surface area contributed by atoms with Crippen LogP contribution in [-0.4, -0.2) is 37.5 Å². The van der Waals surface area contributed by atoms with Crippen LogP contribution in [0.3, 0.4) is 0 Å². The predicted molar refractivity (Wildman–Crippen MR) is 105 cm³/mol. The van der Waals surface area contributed by atoms with Crippen LogP contribution in [0.15, 0.2) is 42.5 Å². The second-order valence-corrected chi connectivity index (χ2v) is 6.13. The van der Waals surface area contributed by atoms with Gasteiger partial charge in [-0.15, -0.1) is 0 Å². The van der Waals surface area contributed by atoms with Crippen molar-refractivity contribution in [2.24, 2.45) is 0 Å². The van der Waals surface area contributed by atoms with Gasteiger partial charge in [0.25, 0.3) is 5.91 Å². The van der Waals surface area contributed by atoms with Crippen molar-refractivity contribution in [3.63, 3.8) is 0 Å². The molecule has 0 aliphatic carbocycles. The number of rotatable bonds is 8. The fourth-order valence-electron chi connectivity index (χ4n) is 2.49. The summed E-state index contributed by atoms with van der Waals surface area (Å²) in [7, 11) is 0. The first-order chi connectivity index (χ1) is 13.4. The van der Waals surface area contributed by atoms with Gasteiger partial charge in [0.1, 0.15) is 5.75 Å². The van der Waals surface area contributed by atoms with Crippen LogP contribution in [0.2, 0.25) is 0 Å². The number of benzene rings is 2. The lowest BCUT2D eigenvalue weighted by molar-refractivity contribution is -0.126. The molecule has 2 amide bonds. The molecule has 0 saturated carbocycles. The van der Waals surface area contributed by atoms with Gasteiger partial charge in [-0.25, -0.2) is 4.79 Å². The Bertz CT molecular complexity index is 826. The van der Waals surface area contributed by atoms with Crippen LogP contribution in [0.4, 0.5) is 5.69 Å². The number of aryl methyl sites for hydroxylation is 2. The molecule has 0 saturated heterocycles. The molecule has 2 aromatic rings. The molecule has 148 valence electrons. The van der Waals surface area contributed by atoms with Crippen molar-refractivity contribution in [2.45, 2.75) is 20.8 Å². The monoisotopic (exact) mass is 384 g/mol. The Morgan fingerprint density at radius 3 is 2.18 bits per heavy atom. The van der Waals surface area contributed by atoms with Gasteiger partial charge in [-0.3, -0.25) is 9.59 Å². The lowest BCUT2D eigenvalue weighted by atomic mass is 10.1. The zero-order valence-corrected chi connectivity index (χ0v) is 16.2.